The number of hydrogen-bond donors (Lipinski definition) is 2. The van der Waals surface area contributed by atoms with Gasteiger partial charge in [0.15, 0.2) is 5.78 Å². The summed E-state index contributed by atoms with van der Waals surface area (Å²) in [5, 5.41) is 5.42. The lowest BCUT2D eigenvalue weighted by Gasteiger charge is -2.07. The van der Waals surface area contributed by atoms with Gasteiger partial charge in [0.25, 0.3) is 5.91 Å². The molecule has 0 spiro atoms. The molecule has 0 radical (unpaired) electrons. The van der Waals surface area contributed by atoms with Crippen LogP contribution in [0.4, 0.5) is 5.69 Å². The summed E-state index contributed by atoms with van der Waals surface area (Å²) in [5.74, 6) is -0.426. The highest BCUT2D eigenvalue weighted by Crippen LogP contribution is 2.10. The quantitative estimate of drug-likeness (QED) is 0.805. The number of carbonyl (C=O) groups excluding carboxylic acids is 3. The lowest BCUT2D eigenvalue weighted by atomic mass is 10.1. The standard InChI is InChI=1S/C18H18N2O3/c1-13(21)14-7-9-16(10-8-14)20-17(22)11-12-19-18(23)15-5-3-2-4-6-15/h2-10H,11-12H2,1H3,(H,19,23)(H,20,22). The van der Waals surface area contributed by atoms with Gasteiger partial charge < -0.3 is 10.6 Å². The summed E-state index contributed by atoms with van der Waals surface area (Å²) in [6.07, 6.45) is 0.174. The van der Waals surface area contributed by atoms with Gasteiger partial charge in [-0.25, -0.2) is 0 Å². The Kier molecular flexibility index (Phi) is 5.63. The summed E-state index contributed by atoms with van der Waals surface area (Å²) in [7, 11) is 0. The topological polar surface area (TPSA) is 75.3 Å². The van der Waals surface area contributed by atoms with Crippen LogP contribution in [0.1, 0.15) is 34.1 Å². The van der Waals surface area contributed by atoms with Crippen molar-refractivity contribution in [3.63, 3.8) is 0 Å². The second-order valence-electron chi connectivity index (χ2n) is 5.05. The van der Waals surface area contributed by atoms with Crippen LogP contribution < -0.4 is 10.6 Å². The number of ketones is 1. The van der Waals surface area contributed by atoms with Crippen molar-refractivity contribution in [3.8, 4) is 0 Å². The number of nitrogens with one attached hydrogen (secondary N) is 2. The first-order valence-corrected chi connectivity index (χ1v) is 7.30. The van der Waals surface area contributed by atoms with Crippen molar-refractivity contribution in [1.82, 2.24) is 5.32 Å². The fourth-order valence-corrected chi connectivity index (χ4v) is 1.99. The van der Waals surface area contributed by atoms with Crippen LogP contribution in [0.2, 0.25) is 0 Å². The van der Waals surface area contributed by atoms with E-state index in [9.17, 15) is 14.4 Å². The van der Waals surface area contributed by atoms with E-state index < -0.39 is 0 Å². The van der Waals surface area contributed by atoms with Gasteiger partial charge in [0.05, 0.1) is 0 Å². The third kappa shape index (κ3) is 5.07. The van der Waals surface area contributed by atoms with Crippen LogP contribution in [-0.2, 0) is 4.79 Å². The molecule has 0 unspecified atom stereocenters. The number of anilines is 1. The Hall–Kier alpha value is -2.95. The fraction of sp³-hybridized carbons (Fsp3) is 0.167. The molecule has 0 aromatic heterocycles. The minimum Gasteiger partial charge on any atom is -0.352 e. The predicted molar refractivity (Wildman–Crippen MR) is 88.5 cm³/mol. The molecule has 2 amide bonds. The van der Waals surface area contributed by atoms with E-state index in [0.29, 0.717) is 16.8 Å². The summed E-state index contributed by atoms with van der Waals surface area (Å²) < 4.78 is 0. The average molecular weight is 310 g/mol. The summed E-state index contributed by atoms with van der Waals surface area (Å²) in [5.41, 5.74) is 1.78. The lowest BCUT2D eigenvalue weighted by molar-refractivity contribution is -0.116. The molecule has 0 saturated carbocycles. The highest BCUT2D eigenvalue weighted by molar-refractivity contribution is 5.96. The molecule has 5 nitrogen and oxygen atoms in total. The Morgan fingerprint density at radius 2 is 1.52 bits per heavy atom. The van der Waals surface area contributed by atoms with Gasteiger partial charge in [-0.15, -0.1) is 0 Å². The molecule has 0 bridgehead atoms. The van der Waals surface area contributed by atoms with Crippen molar-refractivity contribution < 1.29 is 14.4 Å². The van der Waals surface area contributed by atoms with Crippen molar-refractivity contribution in [2.45, 2.75) is 13.3 Å². The van der Waals surface area contributed by atoms with Crippen molar-refractivity contribution in [2.24, 2.45) is 0 Å². The first-order chi connectivity index (χ1) is 11.1. The predicted octanol–water partition coefficient (Wildman–Crippen LogP) is 2.65. The van der Waals surface area contributed by atoms with Crippen LogP contribution in [-0.4, -0.2) is 24.1 Å². The highest BCUT2D eigenvalue weighted by Gasteiger charge is 2.07. The maximum absolute atomic E-state index is 11.8. The molecule has 23 heavy (non-hydrogen) atoms. The maximum atomic E-state index is 11.8. The van der Waals surface area contributed by atoms with Crippen molar-refractivity contribution in [3.05, 3.63) is 65.7 Å². The molecule has 2 aromatic carbocycles. The van der Waals surface area contributed by atoms with Crippen LogP contribution in [0.15, 0.2) is 54.6 Å². The third-order valence-electron chi connectivity index (χ3n) is 3.25. The smallest absolute Gasteiger partial charge is 0.251 e. The van der Waals surface area contributed by atoms with Crippen LogP contribution in [0.3, 0.4) is 0 Å². The number of rotatable bonds is 6. The average Bonchev–Trinajstić information content (AvgIpc) is 2.56. The van der Waals surface area contributed by atoms with E-state index in [1.54, 1.807) is 48.5 Å². The molecular weight excluding hydrogens is 292 g/mol. The van der Waals surface area contributed by atoms with Crippen molar-refractivity contribution in [2.75, 3.05) is 11.9 Å². The molecule has 0 aliphatic carbocycles. The minimum absolute atomic E-state index is 0.0218. The molecule has 2 aromatic rings. The Bertz CT molecular complexity index is 694. The normalized spacial score (nSPS) is 9.96. The second kappa shape index (κ2) is 7.89. The van der Waals surface area contributed by atoms with Gasteiger partial charge in [-0.1, -0.05) is 18.2 Å². The van der Waals surface area contributed by atoms with E-state index in [-0.39, 0.29) is 30.6 Å². The molecule has 0 atom stereocenters. The van der Waals surface area contributed by atoms with Crippen LogP contribution in [0.25, 0.3) is 0 Å². The zero-order chi connectivity index (χ0) is 16.7. The van der Waals surface area contributed by atoms with Gasteiger partial charge >= 0.3 is 0 Å². The Morgan fingerprint density at radius 1 is 0.870 bits per heavy atom. The van der Waals surface area contributed by atoms with Crippen LogP contribution in [0.5, 0.6) is 0 Å². The molecular formula is C18H18N2O3. The molecule has 5 heteroatoms. The first-order valence-electron chi connectivity index (χ1n) is 7.30. The fourth-order valence-electron chi connectivity index (χ4n) is 1.99. The number of hydrogen-bond acceptors (Lipinski definition) is 3. The van der Waals surface area contributed by atoms with Crippen LogP contribution in [0, 0.1) is 0 Å². The van der Waals surface area contributed by atoms with Crippen molar-refractivity contribution in [1.29, 1.82) is 0 Å². The van der Waals surface area contributed by atoms with Crippen LogP contribution >= 0.6 is 0 Å². The number of benzene rings is 2. The molecule has 0 saturated heterocycles. The lowest BCUT2D eigenvalue weighted by Crippen LogP contribution is -2.27. The monoisotopic (exact) mass is 310 g/mol. The van der Waals surface area contributed by atoms with E-state index >= 15 is 0 Å². The summed E-state index contributed by atoms with van der Waals surface area (Å²) in [6, 6.07) is 15.5. The minimum atomic E-state index is -0.204. The first kappa shape index (κ1) is 16.4. The summed E-state index contributed by atoms with van der Waals surface area (Å²) >= 11 is 0. The molecule has 2 rings (SSSR count). The zero-order valence-electron chi connectivity index (χ0n) is 12.8. The van der Waals surface area contributed by atoms with E-state index in [2.05, 4.69) is 10.6 Å². The third-order valence-corrected chi connectivity index (χ3v) is 3.25. The molecule has 2 N–H and O–H groups in total. The molecule has 0 fully saturated rings. The molecule has 0 aliphatic heterocycles. The Labute approximate surface area is 134 Å². The van der Waals surface area contributed by atoms with Crippen molar-refractivity contribution >= 4 is 23.3 Å². The number of Topliss-reactive ketones (excluding diaryl/α,β-unsaturated/α-hetero) is 1. The molecule has 0 aliphatic rings. The van der Waals surface area contributed by atoms with E-state index in [1.165, 1.54) is 6.92 Å². The van der Waals surface area contributed by atoms with Gasteiger partial charge in [0.2, 0.25) is 5.91 Å². The Morgan fingerprint density at radius 3 is 2.13 bits per heavy atom. The molecule has 118 valence electrons. The Balaban J connectivity index is 1.77. The highest BCUT2D eigenvalue weighted by atomic mass is 16.2. The van der Waals surface area contributed by atoms with Gasteiger partial charge in [-0.3, -0.25) is 14.4 Å². The number of carbonyl (C=O) groups is 3. The van der Waals surface area contributed by atoms with E-state index in [4.69, 9.17) is 0 Å². The summed E-state index contributed by atoms with van der Waals surface area (Å²) in [6.45, 7) is 1.74. The summed E-state index contributed by atoms with van der Waals surface area (Å²) in [4.78, 5) is 34.8. The largest absolute Gasteiger partial charge is 0.352 e. The maximum Gasteiger partial charge on any atom is 0.251 e. The number of amides is 2. The van der Waals surface area contributed by atoms with Gasteiger partial charge in [0.1, 0.15) is 0 Å². The van der Waals surface area contributed by atoms with E-state index in [0.717, 1.165) is 0 Å². The van der Waals surface area contributed by atoms with Gasteiger partial charge in [-0.2, -0.15) is 0 Å². The van der Waals surface area contributed by atoms with Gasteiger partial charge in [-0.05, 0) is 43.3 Å². The SMILES string of the molecule is CC(=O)c1ccc(NC(=O)CCNC(=O)c2ccccc2)cc1. The molecule has 0 heterocycles. The zero-order valence-corrected chi connectivity index (χ0v) is 12.8. The second-order valence-corrected chi connectivity index (χ2v) is 5.05. The van der Waals surface area contributed by atoms with Gasteiger partial charge in [0, 0.05) is 29.8 Å². The van der Waals surface area contributed by atoms with E-state index in [1.807, 2.05) is 6.07 Å².